The summed E-state index contributed by atoms with van der Waals surface area (Å²) >= 11 is 0. The van der Waals surface area contributed by atoms with Crippen molar-refractivity contribution in [2.75, 3.05) is 40.5 Å². The SMILES string of the molecule is CCOCC1CCN(C(=O)CCc2cccc(OC)c2OC)CC1. The Kier molecular flexibility index (Phi) is 7.37. The number of ether oxygens (including phenoxy) is 3. The molecule has 0 aromatic heterocycles. The van der Waals surface area contributed by atoms with Gasteiger partial charge in [0, 0.05) is 32.7 Å². The summed E-state index contributed by atoms with van der Waals surface area (Å²) in [5.41, 5.74) is 1.01. The fraction of sp³-hybridized carbons (Fsp3) is 0.632. The molecule has 1 fully saturated rings. The number of rotatable bonds is 8. The number of hydrogen-bond donors (Lipinski definition) is 0. The number of carbonyl (C=O) groups excluding carboxylic acids is 1. The molecular weight excluding hydrogens is 306 g/mol. The molecule has 0 aliphatic carbocycles. The summed E-state index contributed by atoms with van der Waals surface area (Å²) in [6.07, 6.45) is 3.24. The average molecular weight is 335 g/mol. The molecule has 1 aliphatic rings. The molecule has 1 saturated heterocycles. The molecule has 0 bridgehead atoms. The maximum Gasteiger partial charge on any atom is 0.222 e. The lowest BCUT2D eigenvalue weighted by Gasteiger charge is -2.32. The number of carbonyl (C=O) groups is 1. The summed E-state index contributed by atoms with van der Waals surface area (Å²) < 4.78 is 16.2. The maximum atomic E-state index is 12.5. The Bertz CT molecular complexity index is 524. The molecule has 1 heterocycles. The monoisotopic (exact) mass is 335 g/mol. The van der Waals surface area contributed by atoms with Crippen molar-refractivity contribution in [3.8, 4) is 11.5 Å². The van der Waals surface area contributed by atoms with Gasteiger partial charge in [0.2, 0.25) is 5.91 Å². The minimum absolute atomic E-state index is 0.217. The van der Waals surface area contributed by atoms with Crippen molar-refractivity contribution in [2.45, 2.75) is 32.6 Å². The molecule has 2 rings (SSSR count). The number of para-hydroxylation sites is 1. The van der Waals surface area contributed by atoms with Crippen LogP contribution in [0.25, 0.3) is 0 Å². The molecule has 24 heavy (non-hydrogen) atoms. The molecule has 5 heteroatoms. The van der Waals surface area contributed by atoms with E-state index in [0.29, 0.717) is 24.5 Å². The quantitative estimate of drug-likeness (QED) is 0.733. The summed E-state index contributed by atoms with van der Waals surface area (Å²) in [5, 5.41) is 0. The zero-order chi connectivity index (χ0) is 17.4. The third kappa shape index (κ3) is 4.87. The lowest BCUT2D eigenvalue weighted by molar-refractivity contribution is -0.132. The number of hydrogen-bond acceptors (Lipinski definition) is 4. The molecule has 1 aromatic rings. The summed E-state index contributed by atoms with van der Waals surface area (Å²) in [5.74, 6) is 2.24. The van der Waals surface area contributed by atoms with Crippen LogP contribution in [-0.4, -0.2) is 51.3 Å². The van der Waals surface area contributed by atoms with Gasteiger partial charge in [0.1, 0.15) is 0 Å². The van der Waals surface area contributed by atoms with Crippen molar-refractivity contribution in [1.29, 1.82) is 0 Å². The molecule has 1 aromatic carbocycles. The summed E-state index contributed by atoms with van der Waals surface area (Å²) in [6.45, 7) is 5.28. The van der Waals surface area contributed by atoms with E-state index in [0.717, 1.165) is 50.5 Å². The molecule has 0 atom stereocenters. The standard InChI is InChI=1S/C19H29NO4/c1-4-24-14-15-10-12-20(13-11-15)18(21)9-8-16-6-5-7-17(22-2)19(16)23-3/h5-7,15H,4,8-14H2,1-3H3. The van der Waals surface area contributed by atoms with Crippen LogP contribution < -0.4 is 9.47 Å². The van der Waals surface area contributed by atoms with Gasteiger partial charge in [-0.3, -0.25) is 4.79 Å². The van der Waals surface area contributed by atoms with Crippen LogP contribution in [0.15, 0.2) is 18.2 Å². The molecule has 0 N–H and O–H groups in total. The number of methoxy groups -OCH3 is 2. The minimum Gasteiger partial charge on any atom is -0.493 e. The number of amides is 1. The van der Waals surface area contributed by atoms with Crippen LogP contribution in [0, 0.1) is 5.92 Å². The predicted octanol–water partition coefficient (Wildman–Crippen LogP) is 2.91. The van der Waals surface area contributed by atoms with Gasteiger partial charge in [-0.1, -0.05) is 12.1 Å². The van der Waals surface area contributed by atoms with Gasteiger partial charge in [0.05, 0.1) is 14.2 Å². The summed E-state index contributed by atoms with van der Waals surface area (Å²) in [6, 6.07) is 5.79. The molecule has 0 unspecified atom stereocenters. The zero-order valence-corrected chi connectivity index (χ0v) is 15.0. The smallest absolute Gasteiger partial charge is 0.222 e. The molecule has 1 aliphatic heterocycles. The second kappa shape index (κ2) is 9.52. The van der Waals surface area contributed by atoms with Gasteiger partial charge in [-0.25, -0.2) is 0 Å². The van der Waals surface area contributed by atoms with Crippen LogP contribution in [0.1, 0.15) is 31.7 Å². The van der Waals surface area contributed by atoms with Crippen LogP contribution in [0.3, 0.4) is 0 Å². The first-order chi connectivity index (χ1) is 11.7. The molecule has 5 nitrogen and oxygen atoms in total. The highest BCUT2D eigenvalue weighted by Crippen LogP contribution is 2.31. The van der Waals surface area contributed by atoms with Gasteiger partial charge in [-0.05, 0) is 43.7 Å². The lowest BCUT2D eigenvalue weighted by atomic mass is 9.97. The number of aryl methyl sites for hydroxylation is 1. The van der Waals surface area contributed by atoms with Crippen molar-refractivity contribution in [3.05, 3.63) is 23.8 Å². The van der Waals surface area contributed by atoms with E-state index in [1.54, 1.807) is 14.2 Å². The topological polar surface area (TPSA) is 48.0 Å². The Labute approximate surface area is 144 Å². The van der Waals surface area contributed by atoms with E-state index in [-0.39, 0.29) is 5.91 Å². The first-order valence-corrected chi connectivity index (χ1v) is 8.75. The third-order valence-electron chi connectivity index (χ3n) is 4.62. The molecule has 134 valence electrons. The number of benzene rings is 1. The van der Waals surface area contributed by atoms with Crippen LogP contribution in [0.4, 0.5) is 0 Å². The van der Waals surface area contributed by atoms with Gasteiger partial charge >= 0.3 is 0 Å². The van der Waals surface area contributed by atoms with Gasteiger partial charge < -0.3 is 19.1 Å². The second-order valence-electron chi connectivity index (χ2n) is 6.14. The van der Waals surface area contributed by atoms with Gasteiger partial charge in [0.15, 0.2) is 11.5 Å². The van der Waals surface area contributed by atoms with Crippen molar-refractivity contribution in [3.63, 3.8) is 0 Å². The molecule has 0 spiro atoms. The largest absolute Gasteiger partial charge is 0.493 e. The van der Waals surface area contributed by atoms with Crippen molar-refractivity contribution >= 4 is 5.91 Å². The molecule has 0 radical (unpaired) electrons. The maximum absolute atomic E-state index is 12.5. The highest BCUT2D eigenvalue weighted by molar-refractivity contribution is 5.76. The van der Waals surface area contributed by atoms with Crippen LogP contribution >= 0.6 is 0 Å². The van der Waals surface area contributed by atoms with Crippen molar-refractivity contribution < 1.29 is 19.0 Å². The molecule has 0 saturated carbocycles. The third-order valence-corrected chi connectivity index (χ3v) is 4.62. The van der Waals surface area contributed by atoms with E-state index in [1.165, 1.54) is 0 Å². The van der Waals surface area contributed by atoms with E-state index >= 15 is 0 Å². The number of nitrogens with zero attached hydrogens (tertiary/aromatic N) is 1. The normalized spacial score (nSPS) is 15.4. The van der Waals surface area contributed by atoms with Crippen LogP contribution in [0.5, 0.6) is 11.5 Å². The van der Waals surface area contributed by atoms with E-state index in [9.17, 15) is 4.79 Å². The van der Waals surface area contributed by atoms with Crippen LogP contribution in [-0.2, 0) is 16.0 Å². The number of piperidine rings is 1. The lowest BCUT2D eigenvalue weighted by Crippen LogP contribution is -2.39. The molecular formula is C19H29NO4. The fourth-order valence-electron chi connectivity index (χ4n) is 3.18. The predicted molar refractivity (Wildman–Crippen MR) is 93.7 cm³/mol. The minimum atomic E-state index is 0.217. The van der Waals surface area contributed by atoms with Crippen molar-refractivity contribution in [2.24, 2.45) is 5.92 Å². The zero-order valence-electron chi connectivity index (χ0n) is 15.0. The van der Waals surface area contributed by atoms with Gasteiger partial charge in [-0.15, -0.1) is 0 Å². The van der Waals surface area contributed by atoms with Crippen molar-refractivity contribution in [1.82, 2.24) is 4.90 Å². The van der Waals surface area contributed by atoms with Gasteiger partial charge in [-0.2, -0.15) is 0 Å². The Balaban J connectivity index is 1.84. The van der Waals surface area contributed by atoms with E-state index in [1.807, 2.05) is 30.0 Å². The second-order valence-corrected chi connectivity index (χ2v) is 6.14. The van der Waals surface area contributed by atoms with E-state index in [2.05, 4.69) is 0 Å². The van der Waals surface area contributed by atoms with E-state index in [4.69, 9.17) is 14.2 Å². The Morgan fingerprint density at radius 2 is 1.96 bits per heavy atom. The first-order valence-electron chi connectivity index (χ1n) is 8.75. The fourth-order valence-corrected chi connectivity index (χ4v) is 3.18. The molecule has 1 amide bonds. The Morgan fingerprint density at radius 3 is 2.58 bits per heavy atom. The number of likely N-dealkylation sites (tertiary alicyclic amines) is 1. The average Bonchev–Trinajstić information content (AvgIpc) is 2.64. The van der Waals surface area contributed by atoms with Gasteiger partial charge in [0.25, 0.3) is 0 Å². The summed E-state index contributed by atoms with van der Waals surface area (Å²) in [7, 11) is 3.26. The van der Waals surface area contributed by atoms with E-state index < -0.39 is 0 Å². The van der Waals surface area contributed by atoms with Crippen LogP contribution in [0.2, 0.25) is 0 Å². The summed E-state index contributed by atoms with van der Waals surface area (Å²) in [4.78, 5) is 14.5. The highest BCUT2D eigenvalue weighted by Gasteiger charge is 2.23. The Hall–Kier alpha value is -1.75. The highest BCUT2D eigenvalue weighted by atomic mass is 16.5. The Morgan fingerprint density at radius 1 is 1.21 bits per heavy atom. The first kappa shape index (κ1) is 18.6.